The minimum Gasteiger partial charge on any atom is -0.732 e. The zero-order valence-electron chi connectivity index (χ0n) is 6.15. The normalized spacial score (nSPS) is 9.73. The Morgan fingerprint density at radius 3 is 2.64 bits per heavy atom. The average molecular weight is 153 g/mol. The fraction of sp³-hybridized carbons (Fsp3) is 0.143. The number of benzene rings is 1. The van der Waals surface area contributed by atoms with E-state index in [1.807, 2.05) is 6.07 Å². The summed E-state index contributed by atoms with van der Waals surface area (Å²) in [6.07, 6.45) is 0. The first-order valence-electron chi connectivity index (χ1n) is 3.15. The van der Waals surface area contributed by atoms with E-state index in [0.29, 0.717) is 5.69 Å². The average Bonchev–Trinajstić information content (AvgIpc) is 2.04. The summed E-state index contributed by atoms with van der Waals surface area (Å²) in [4.78, 5) is 3.99. The summed E-state index contributed by atoms with van der Waals surface area (Å²) in [5.41, 5.74) is 1.25. The fourth-order valence-corrected chi connectivity index (χ4v) is 0.825. The monoisotopic (exact) mass is 153 g/mol. The lowest BCUT2D eigenvalue weighted by Gasteiger charge is -2.26. The molecule has 0 fully saturated rings. The molecule has 0 aliphatic carbocycles. The third-order valence-electron chi connectivity index (χ3n) is 1.41. The van der Waals surface area contributed by atoms with Crippen LogP contribution in [0.1, 0.15) is 5.56 Å². The van der Waals surface area contributed by atoms with Crippen molar-refractivity contribution >= 4 is 5.69 Å². The molecule has 0 bridgehead atoms. The molecule has 1 rings (SSSR count). The lowest BCUT2D eigenvalue weighted by molar-refractivity contribution is 0.136. The number of rotatable bonds is 2. The number of aryl methyl sites for hydroxylation is 1. The second-order valence-electron chi connectivity index (χ2n) is 2.15. The molecule has 0 spiro atoms. The van der Waals surface area contributed by atoms with Gasteiger partial charge in [-0.15, -0.1) is 0 Å². The van der Waals surface area contributed by atoms with E-state index in [4.69, 9.17) is 0 Å². The molecular formula is C7H9N2O2-. The first kappa shape index (κ1) is 8.00. The van der Waals surface area contributed by atoms with E-state index in [-0.39, 0.29) is 5.23 Å². The molecular weight excluding hydrogens is 144 g/mol. The van der Waals surface area contributed by atoms with Crippen LogP contribution >= 0.6 is 0 Å². The summed E-state index contributed by atoms with van der Waals surface area (Å²) < 4.78 is 0. The van der Waals surface area contributed by atoms with Gasteiger partial charge in [0.15, 0.2) is 0 Å². The Morgan fingerprint density at radius 1 is 1.45 bits per heavy atom. The van der Waals surface area contributed by atoms with E-state index in [9.17, 15) is 5.21 Å². The summed E-state index contributed by atoms with van der Waals surface area (Å²) >= 11 is 0. The Labute approximate surface area is 64.7 Å². The van der Waals surface area contributed by atoms with Crippen molar-refractivity contribution < 1.29 is 4.94 Å². The van der Waals surface area contributed by atoms with Crippen LogP contribution in [0.15, 0.2) is 24.3 Å². The van der Waals surface area contributed by atoms with E-state index in [0.717, 1.165) is 5.56 Å². The second-order valence-corrected chi connectivity index (χ2v) is 2.15. The summed E-state index contributed by atoms with van der Waals surface area (Å²) in [6, 6.07) is 7.02. The summed E-state index contributed by atoms with van der Waals surface area (Å²) in [7, 11) is 0. The molecule has 0 atom stereocenters. The molecule has 0 aliphatic heterocycles. The van der Waals surface area contributed by atoms with Gasteiger partial charge in [-0.25, -0.2) is 0 Å². The number of nitrogens with zero attached hydrogens (tertiary/aromatic N) is 1. The topological polar surface area (TPSA) is 61.5 Å². The van der Waals surface area contributed by atoms with Crippen molar-refractivity contribution in [3.05, 3.63) is 35.0 Å². The molecule has 60 valence electrons. The highest BCUT2D eigenvalue weighted by Gasteiger charge is 1.96. The Balaban J connectivity index is 2.93. The van der Waals surface area contributed by atoms with Crippen LogP contribution in [-0.2, 0) is 4.94 Å². The van der Waals surface area contributed by atoms with Gasteiger partial charge in [-0.1, -0.05) is 18.2 Å². The van der Waals surface area contributed by atoms with Gasteiger partial charge in [-0.2, -0.15) is 10.8 Å². The van der Waals surface area contributed by atoms with Crippen molar-refractivity contribution in [3.63, 3.8) is 0 Å². The molecule has 0 aliphatic rings. The van der Waals surface area contributed by atoms with Crippen LogP contribution in [0, 0.1) is 12.1 Å². The number of nitrogens with two attached hydrogens (primary N) is 1. The second kappa shape index (κ2) is 3.34. The van der Waals surface area contributed by atoms with Crippen LogP contribution in [-0.4, -0.2) is 0 Å². The summed E-state index contributed by atoms with van der Waals surface area (Å²) in [6.45, 7) is 1.80. The van der Waals surface area contributed by atoms with Gasteiger partial charge < -0.3 is 5.21 Å². The maximum absolute atomic E-state index is 10.8. The number of anilines is 1. The molecule has 4 nitrogen and oxygen atoms in total. The SMILES string of the molecule is Cc1ccccc1N([O-])ON. The fourth-order valence-electron chi connectivity index (χ4n) is 0.825. The lowest BCUT2D eigenvalue weighted by atomic mass is 10.2. The van der Waals surface area contributed by atoms with Gasteiger partial charge in [-0.3, -0.25) is 5.23 Å². The third kappa shape index (κ3) is 1.68. The molecule has 0 amide bonds. The van der Waals surface area contributed by atoms with Gasteiger partial charge in [0.05, 0.1) is 5.69 Å². The Hall–Kier alpha value is -1.10. The molecule has 0 heterocycles. The van der Waals surface area contributed by atoms with Gasteiger partial charge in [0.1, 0.15) is 0 Å². The Bertz CT molecular complexity index is 240. The number of hydrogen-bond donors (Lipinski definition) is 1. The van der Waals surface area contributed by atoms with E-state index in [1.54, 1.807) is 25.1 Å². The first-order chi connectivity index (χ1) is 5.25. The minimum absolute atomic E-state index is 0.273. The van der Waals surface area contributed by atoms with E-state index >= 15 is 0 Å². The predicted molar refractivity (Wildman–Crippen MR) is 42.3 cm³/mol. The van der Waals surface area contributed by atoms with Gasteiger partial charge in [0.25, 0.3) is 0 Å². The van der Waals surface area contributed by atoms with E-state index in [2.05, 4.69) is 10.8 Å². The molecule has 2 N–H and O–H groups in total. The summed E-state index contributed by atoms with van der Waals surface area (Å²) in [5, 5.41) is 11.1. The van der Waals surface area contributed by atoms with Crippen LogP contribution < -0.4 is 11.1 Å². The molecule has 0 saturated heterocycles. The highest BCUT2D eigenvalue weighted by atomic mass is 16.9. The van der Waals surface area contributed by atoms with Crippen LogP contribution in [0.3, 0.4) is 0 Å². The smallest absolute Gasteiger partial charge is 0.0559 e. The largest absolute Gasteiger partial charge is 0.732 e. The Morgan fingerprint density at radius 2 is 2.09 bits per heavy atom. The molecule has 1 aromatic rings. The number of hydrogen-bond acceptors (Lipinski definition) is 4. The third-order valence-corrected chi connectivity index (χ3v) is 1.41. The first-order valence-corrected chi connectivity index (χ1v) is 3.15. The van der Waals surface area contributed by atoms with Crippen LogP contribution in [0.2, 0.25) is 0 Å². The Kier molecular flexibility index (Phi) is 2.43. The quantitative estimate of drug-likeness (QED) is 0.646. The molecule has 4 heteroatoms. The van der Waals surface area contributed by atoms with Crippen molar-refractivity contribution in [2.24, 2.45) is 5.90 Å². The highest BCUT2D eigenvalue weighted by molar-refractivity contribution is 5.51. The van der Waals surface area contributed by atoms with Gasteiger partial charge in [0.2, 0.25) is 0 Å². The number of para-hydroxylation sites is 1. The van der Waals surface area contributed by atoms with Crippen molar-refractivity contribution in [1.82, 2.24) is 0 Å². The van der Waals surface area contributed by atoms with Crippen LogP contribution in [0.5, 0.6) is 0 Å². The van der Waals surface area contributed by atoms with Gasteiger partial charge >= 0.3 is 0 Å². The maximum atomic E-state index is 10.8. The zero-order chi connectivity index (χ0) is 8.27. The summed E-state index contributed by atoms with van der Waals surface area (Å²) in [5.74, 6) is 4.69. The van der Waals surface area contributed by atoms with E-state index in [1.165, 1.54) is 0 Å². The van der Waals surface area contributed by atoms with Crippen molar-refractivity contribution in [2.45, 2.75) is 6.92 Å². The lowest BCUT2D eigenvalue weighted by Crippen LogP contribution is -2.20. The molecule has 11 heavy (non-hydrogen) atoms. The van der Waals surface area contributed by atoms with Crippen LogP contribution in [0.25, 0.3) is 0 Å². The van der Waals surface area contributed by atoms with Crippen molar-refractivity contribution in [2.75, 3.05) is 5.23 Å². The zero-order valence-corrected chi connectivity index (χ0v) is 6.15. The highest BCUT2D eigenvalue weighted by Crippen LogP contribution is 2.17. The van der Waals surface area contributed by atoms with Crippen molar-refractivity contribution in [3.8, 4) is 0 Å². The molecule has 0 unspecified atom stereocenters. The van der Waals surface area contributed by atoms with Crippen molar-refractivity contribution in [1.29, 1.82) is 0 Å². The standard InChI is InChI=1S/C7H9N2O2/c1-6-4-2-3-5-7(6)9(10)11-8/h2-5H,8H2,1H3/q-1. The molecule has 0 aromatic heterocycles. The van der Waals surface area contributed by atoms with Gasteiger partial charge in [-0.05, 0) is 18.6 Å². The predicted octanol–water partition coefficient (Wildman–Crippen LogP) is 1.10. The van der Waals surface area contributed by atoms with Gasteiger partial charge in [0, 0.05) is 0 Å². The molecule has 0 radical (unpaired) electrons. The van der Waals surface area contributed by atoms with E-state index < -0.39 is 0 Å². The molecule has 1 aromatic carbocycles. The minimum atomic E-state index is 0.273. The maximum Gasteiger partial charge on any atom is 0.0559 e. The molecule has 0 saturated carbocycles. The van der Waals surface area contributed by atoms with Crippen LogP contribution in [0.4, 0.5) is 5.69 Å².